The van der Waals surface area contributed by atoms with E-state index in [1.54, 1.807) is 0 Å². The maximum atomic E-state index is 13.3. The van der Waals surface area contributed by atoms with Gasteiger partial charge in [-0.3, -0.25) is 4.55 Å². The van der Waals surface area contributed by atoms with E-state index in [0.717, 1.165) is 0 Å². The molecule has 0 aromatic carbocycles. The minimum Gasteiger partial charge on any atom is -0.323 e. The standard InChI is InChI=1S/C11H10F14O3S.C2H7N/c12-1(2(13)4(15)6(17)8(19)20)3(14)5(16)7(18)10(22,23)11(24,25)9(21)29(26,27)28;1-3-2/h1-9H,(H,26,27,28);3H,1-2H3. The normalized spacial score (nSPS) is 20.9. The number of hydrogen-bond donors (Lipinski definition) is 2. The van der Waals surface area contributed by atoms with Crippen LogP contribution < -0.4 is 5.32 Å². The van der Waals surface area contributed by atoms with Gasteiger partial charge < -0.3 is 5.32 Å². The third-order valence-corrected chi connectivity index (χ3v) is 4.20. The molecule has 2 N–H and O–H groups in total. The predicted molar refractivity (Wildman–Crippen MR) is 81.6 cm³/mol. The van der Waals surface area contributed by atoms with Crippen molar-refractivity contribution in [3.8, 4) is 0 Å². The highest BCUT2D eigenvalue weighted by Gasteiger charge is 2.72. The molecule has 0 saturated heterocycles. The van der Waals surface area contributed by atoms with Gasteiger partial charge in [-0.2, -0.15) is 26.0 Å². The van der Waals surface area contributed by atoms with Crippen LogP contribution >= 0.6 is 0 Å². The largest absolute Gasteiger partial charge is 0.360 e. The highest BCUT2D eigenvalue weighted by atomic mass is 32.2. The summed E-state index contributed by atoms with van der Waals surface area (Å²) >= 11 is 0. The molecule has 0 rings (SSSR count). The molecule has 19 heteroatoms. The fourth-order valence-electron chi connectivity index (χ4n) is 1.73. The average Bonchev–Trinajstić information content (AvgIpc) is 2.68. The molecule has 0 saturated carbocycles. The number of alkyl halides is 14. The molecule has 0 aliphatic rings. The van der Waals surface area contributed by atoms with Crippen LogP contribution in [-0.2, 0) is 10.1 Å². The predicted octanol–water partition coefficient (Wildman–Crippen LogP) is 3.91. The van der Waals surface area contributed by atoms with Gasteiger partial charge in [0.15, 0.2) is 37.0 Å². The van der Waals surface area contributed by atoms with Gasteiger partial charge in [0, 0.05) is 0 Å². The summed E-state index contributed by atoms with van der Waals surface area (Å²) in [7, 11) is -2.91. The summed E-state index contributed by atoms with van der Waals surface area (Å²) in [5.41, 5.74) is -5.28. The third-order valence-electron chi connectivity index (χ3n) is 3.38. The molecular formula is C13H17F14NO3S. The summed E-state index contributed by atoms with van der Waals surface area (Å²) in [4.78, 5) is 0. The first-order valence-corrected chi connectivity index (χ1v) is 9.35. The van der Waals surface area contributed by atoms with E-state index in [2.05, 4.69) is 5.32 Å². The SMILES string of the molecule is CNC.O=S(=O)(O)C(F)C(F)(F)C(F)(F)C(F)C(F)C(F)C(F)C(F)C(F)C(F)C(F)F. The summed E-state index contributed by atoms with van der Waals surface area (Å²) in [6, 6.07) is 0. The van der Waals surface area contributed by atoms with E-state index in [0.29, 0.717) is 0 Å². The summed E-state index contributed by atoms with van der Waals surface area (Å²) < 4.78 is 209. The molecule has 0 aromatic heterocycles. The Labute approximate surface area is 172 Å². The van der Waals surface area contributed by atoms with E-state index in [9.17, 15) is 69.9 Å². The second-order valence-electron chi connectivity index (χ2n) is 5.98. The van der Waals surface area contributed by atoms with Crippen molar-refractivity contribution in [2.75, 3.05) is 14.1 Å². The number of halogens is 14. The van der Waals surface area contributed by atoms with Crippen molar-refractivity contribution in [2.24, 2.45) is 0 Å². The van der Waals surface area contributed by atoms with E-state index in [4.69, 9.17) is 4.55 Å². The Morgan fingerprint density at radius 2 is 0.906 bits per heavy atom. The Morgan fingerprint density at radius 3 is 1.19 bits per heavy atom. The highest BCUT2D eigenvalue weighted by molar-refractivity contribution is 7.86. The lowest BCUT2D eigenvalue weighted by Crippen LogP contribution is -2.60. The van der Waals surface area contributed by atoms with Crippen LogP contribution in [0.25, 0.3) is 0 Å². The average molecular weight is 533 g/mol. The van der Waals surface area contributed by atoms with Crippen LogP contribution in [-0.4, -0.2) is 94.0 Å². The van der Waals surface area contributed by atoms with Gasteiger partial charge in [0.2, 0.25) is 6.17 Å². The van der Waals surface area contributed by atoms with Crippen LogP contribution in [0.4, 0.5) is 61.5 Å². The van der Waals surface area contributed by atoms with Gasteiger partial charge in [0.25, 0.3) is 11.9 Å². The molecule has 0 heterocycles. The van der Waals surface area contributed by atoms with Crippen LogP contribution in [0.2, 0.25) is 0 Å². The first kappa shape index (κ1) is 33.1. The topological polar surface area (TPSA) is 66.4 Å². The third kappa shape index (κ3) is 7.74. The molecule has 32 heavy (non-hydrogen) atoms. The molecular weight excluding hydrogens is 516 g/mol. The monoisotopic (exact) mass is 533 g/mol. The zero-order valence-electron chi connectivity index (χ0n) is 15.7. The fraction of sp³-hybridized carbons (Fsp3) is 1.00. The molecule has 0 fully saturated rings. The molecule has 0 aliphatic carbocycles. The molecule has 0 radical (unpaired) electrons. The molecule has 0 amide bonds. The van der Waals surface area contributed by atoms with Crippen molar-refractivity contribution >= 4 is 10.1 Å². The first-order chi connectivity index (χ1) is 14.1. The minimum atomic E-state index is -6.82. The van der Waals surface area contributed by atoms with Crippen LogP contribution in [0.3, 0.4) is 0 Å². The fourth-order valence-corrected chi connectivity index (χ4v) is 2.26. The van der Waals surface area contributed by atoms with Crippen molar-refractivity contribution < 1.29 is 74.4 Å². The maximum absolute atomic E-state index is 13.3. The molecule has 8 atom stereocenters. The molecule has 8 unspecified atom stereocenters. The smallest absolute Gasteiger partial charge is 0.323 e. The van der Waals surface area contributed by atoms with E-state index >= 15 is 0 Å². The summed E-state index contributed by atoms with van der Waals surface area (Å²) in [5.74, 6) is -13.6. The summed E-state index contributed by atoms with van der Waals surface area (Å²) in [6.07, 6.45) is -36.3. The molecule has 0 bridgehead atoms. The van der Waals surface area contributed by atoms with Crippen molar-refractivity contribution in [3.05, 3.63) is 0 Å². The second-order valence-corrected chi connectivity index (χ2v) is 7.42. The molecule has 196 valence electrons. The number of nitrogens with one attached hydrogen (secondary N) is 1. The molecule has 0 spiro atoms. The van der Waals surface area contributed by atoms with Crippen molar-refractivity contribution in [2.45, 2.75) is 67.0 Å². The van der Waals surface area contributed by atoms with Crippen molar-refractivity contribution in [1.82, 2.24) is 5.32 Å². The van der Waals surface area contributed by atoms with Gasteiger partial charge in [-0.25, -0.2) is 43.9 Å². The van der Waals surface area contributed by atoms with E-state index in [-0.39, 0.29) is 0 Å². The Balaban J connectivity index is 0. The van der Waals surface area contributed by atoms with Crippen LogP contribution in [0.5, 0.6) is 0 Å². The lowest BCUT2D eigenvalue weighted by atomic mass is 9.95. The zero-order chi connectivity index (χ0) is 26.4. The van der Waals surface area contributed by atoms with Crippen LogP contribution in [0.1, 0.15) is 0 Å². The van der Waals surface area contributed by atoms with Gasteiger partial charge in [0.1, 0.15) is 0 Å². The van der Waals surface area contributed by atoms with Gasteiger partial charge >= 0.3 is 22.0 Å². The highest BCUT2D eigenvalue weighted by Crippen LogP contribution is 2.45. The Bertz CT molecular complexity index is 654. The quantitative estimate of drug-likeness (QED) is 0.313. The molecule has 0 aliphatic heterocycles. The lowest BCUT2D eigenvalue weighted by Gasteiger charge is -2.33. The van der Waals surface area contributed by atoms with Crippen LogP contribution in [0, 0.1) is 0 Å². The number of hydrogen-bond acceptors (Lipinski definition) is 3. The summed E-state index contributed by atoms with van der Waals surface area (Å²) in [6.45, 7) is 0. The molecule has 0 aromatic rings. The minimum absolute atomic E-state index is 1.88. The van der Waals surface area contributed by atoms with Gasteiger partial charge in [0.05, 0.1) is 0 Å². The van der Waals surface area contributed by atoms with Gasteiger partial charge in [-0.1, -0.05) is 0 Å². The van der Waals surface area contributed by atoms with Gasteiger partial charge in [-0.15, -0.1) is 0 Å². The zero-order valence-corrected chi connectivity index (χ0v) is 16.5. The maximum Gasteiger partial charge on any atom is 0.360 e. The summed E-state index contributed by atoms with van der Waals surface area (Å²) in [5, 5.41) is 2.75. The van der Waals surface area contributed by atoms with E-state index in [1.165, 1.54) is 0 Å². The van der Waals surface area contributed by atoms with E-state index < -0.39 is 77.1 Å². The van der Waals surface area contributed by atoms with E-state index in [1.807, 2.05) is 14.1 Å². The molecule has 4 nitrogen and oxygen atoms in total. The Hall–Kier alpha value is -1.11. The van der Waals surface area contributed by atoms with Crippen LogP contribution in [0.15, 0.2) is 0 Å². The van der Waals surface area contributed by atoms with Crippen molar-refractivity contribution in [1.29, 1.82) is 0 Å². The lowest BCUT2D eigenvalue weighted by molar-refractivity contribution is -0.264. The second kappa shape index (κ2) is 12.4. The Morgan fingerprint density at radius 1 is 0.625 bits per heavy atom. The Kier molecular flexibility index (Phi) is 12.8. The first-order valence-electron chi connectivity index (χ1n) is 7.85. The van der Waals surface area contributed by atoms with Crippen molar-refractivity contribution in [3.63, 3.8) is 0 Å². The van der Waals surface area contributed by atoms with Gasteiger partial charge in [-0.05, 0) is 14.1 Å². The number of rotatable bonds is 11.